The van der Waals surface area contributed by atoms with Crippen LogP contribution in [0.2, 0.25) is 0 Å². The van der Waals surface area contributed by atoms with Crippen molar-refractivity contribution in [3.05, 3.63) is 83.5 Å². The average Bonchev–Trinajstić information content (AvgIpc) is 1.42. The van der Waals surface area contributed by atoms with Crippen LogP contribution in [0.4, 0.5) is 21.0 Å². The van der Waals surface area contributed by atoms with E-state index in [1.165, 1.54) is 31.1 Å². The normalized spacial score (nSPS) is 17.6. The minimum Gasteiger partial charge on any atom is -0.445 e. The number of nitrogens with two attached hydrogens (primary N) is 1. The SMILES string of the molecule is C/C=C\C(=C/C)[C@H](O)[C@@H](C)NC(=O)[C@H](C)[C@@H](OC)[C@@H]1CCCN1C(=O)C[C@@H](OC)[C@H]([C@@H](C)CC)N(C)C(=O)C(NC(=O)C(C(C)C)N(C)C(=O)OCc1ccc(NC(=O)[C@H](CCCNC(N)=O)NC(=O)C(NC(=O)CCCc2ccc(N3C(=O)CCC3=O)cc2)C(C)C)cc1)C(C)C. The summed E-state index contributed by atoms with van der Waals surface area (Å²) in [6, 6.07) is 6.70. The van der Waals surface area contributed by atoms with Crippen molar-refractivity contribution in [2.24, 2.45) is 35.3 Å². The lowest BCUT2D eigenvalue weighted by atomic mass is 9.89. The van der Waals surface area contributed by atoms with Crippen LogP contribution < -0.4 is 42.5 Å². The zero-order valence-corrected chi connectivity index (χ0v) is 60.4. The number of aryl methyl sites for hydroxylation is 1. The van der Waals surface area contributed by atoms with Crippen molar-refractivity contribution in [2.45, 2.75) is 221 Å². The van der Waals surface area contributed by atoms with Crippen LogP contribution in [0.5, 0.6) is 0 Å². The molecule has 12 atom stereocenters. The Hall–Kier alpha value is -8.23. The van der Waals surface area contributed by atoms with Crippen molar-refractivity contribution in [3.63, 3.8) is 0 Å². The number of likely N-dealkylation sites (N-methyl/N-ethyl adjacent to an activating group) is 2. The predicted molar refractivity (Wildman–Crippen MR) is 373 cm³/mol. The van der Waals surface area contributed by atoms with E-state index in [-0.39, 0.29) is 93.0 Å². The quantitative estimate of drug-likeness (QED) is 0.0204. The number of hydrogen-bond acceptors (Lipinski definition) is 15. The smallest absolute Gasteiger partial charge is 0.410 e. The summed E-state index contributed by atoms with van der Waals surface area (Å²) in [5.74, 6) is -5.74. The number of carbonyl (C=O) groups excluding carboxylic acids is 11. The topological polar surface area (TPSA) is 347 Å². The summed E-state index contributed by atoms with van der Waals surface area (Å²) < 4.78 is 17.8. The second-order valence-electron chi connectivity index (χ2n) is 26.8. The highest BCUT2D eigenvalue weighted by Crippen LogP contribution is 2.31. The first-order valence-electron chi connectivity index (χ1n) is 34.4. The number of hydrogen-bond donors (Lipinski definition) is 8. The summed E-state index contributed by atoms with van der Waals surface area (Å²) in [7, 11) is 6.08. The zero-order chi connectivity index (χ0) is 73.2. The maximum Gasteiger partial charge on any atom is 0.410 e. The zero-order valence-electron chi connectivity index (χ0n) is 60.4. The van der Waals surface area contributed by atoms with E-state index < -0.39 is 114 Å². The van der Waals surface area contributed by atoms with Crippen LogP contribution in [0.15, 0.2) is 72.3 Å². The molecule has 12 amide bonds. The number of anilines is 2. The van der Waals surface area contributed by atoms with Gasteiger partial charge in [-0.1, -0.05) is 111 Å². The molecule has 0 radical (unpaired) electrons. The highest BCUT2D eigenvalue weighted by molar-refractivity contribution is 6.19. The van der Waals surface area contributed by atoms with Gasteiger partial charge in [0.25, 0.3) is 0 Å². The van der Waals surface area contributed by atoms with Gasteiger partial charge in [-0.05, 0) is 124 Å². The molecule has 3 unspecified atom stereocenters. The molecule has 2 aliphatic heterocycles. The second-order valence-corrected chi connectivity index (χ2v) is 26.8. The average molecular weight is 1370 g/mol. The number of aliphatic hydroxyl groups excluding tert-OH is 1. The Balaban J connectivity index is 1.38. The molecule has 2 aromatic rings. The number of likely N-dealkylation sites (tertiary alicyclic amines) is 1. The Morgan fingerprint density at radius 1 is 0.735 bits per heavy atom. The van der Waals surface area contributed by atoms with Gasteiger partial charge in [-0.25, -0.2) is 9.59 Å². The van der Waals surface area contributed by atoms with Crippen molar-refractivity contribution in [2.75, 3.05) is 51.6 Å². The first-order valence-corrected chi connectivity index (χ1v) is 34.4. The van der Waals surface area contributed by atoms with E-state index in [4.69, 9.17) is 19.9 Å². The van der Waals surface area contributed by atoms with Crippen molar-refractivity contribution in [3.8, 4) is 0 Å². The van der Waals surface area contributed by atoms with E-state index in [1.807, 2.05) is 33.8 Å². The van der Waals surface area contributed by atoms with E-state index in [0.717, 1.165) is 5.56 Å². The molecule has 2 aromatic carbocycles. The molecule has 0 aliphatic carbocycles. The summed E-state index contributed by atoms with van der Waals surface area (Å²) in [6.07, 6.45) is 5.73. The molecule has 2 saturated heterocycles. The summed E-state index contributed by atoms with van der Waals surface area (Å²) in [5, 5.41) is 27.7. The summed E-state index contributed by atoms with van der Waals surface area (Å²) in [6.45, 7) is 22.1. The van der Waals surface area contributed by atoms with E-state index in [9.17, 15) is 57.8 Å². The lowest BCUT2D eigenvalue weighted by molar-refractivity contribution is -0.148. The van der Waals surface area contributed by atoms with E-state index in [1.54, 1.807) is 133 Å². The standard InChI is InChI=1S/C72H111N11O15/c1-17-23-50(19-3)64(88)47(12)75-66(89)46(11)65(97-16)54-26-22-39-82(54)59(87)40-55(96-15)63(45(10)18-2)80(13)70(93)61(43(6)7)79-69(92)62(44(8)9)81(14)72(95)98-41-49-28-32-51(33-29-49)76-67(90)53(25-21-38-74-71(73)94)77-68(91)60(42(4)5)78-56(84)27-20-24-48-30-34-52(35-31-48)83-57(85)36-37-58(83)86/h17,19,23,28-35,42-47,53-55,60-65,88H,18,20-22,24-27,36-41H2,1-16H3,(H,75,89)(H,76,90)(H,77,91)(H,78,84)(H,79,92)(H3,73,74,94)/b23-17-,50-19+/t45-,46+,47+,53-,54-,55+,60?,61?,62?,63-,64+,65+/m0/s1. The maximum absolute atomic E-state index is 14.8. The number of amides is 12. The van der Waals surface area contributed by atoms with Gasteiger partial charge >= 0.3 is 12.1 Å². The fourth-order valence-corrected chi connectivity index (χ4v) is 12.7. The van der Waals surface area contributed by atoms with Crippen LogP contribution >= 0.6 is 0 Å². The third kappa shape index (κ3) is 23.5. The Bertz CT molecular complexity index is 3070. The van der Waals surface area contributed by atoms with Crippen LogP contribution in [-0.2, 0) is 70.4 Å². The lowest BCUT2D eigenvalue weighted by Gasteiger charge is -2.41. The molecule has 544 valence electrons. The third-order valence-electron chi connectivity index (χ3n) is 18.5. The molecule has 0 bridgehead atoms. The van der Waals surface area contributed by atoms with Crippen LogP contribution in [-0.4, -0.2) is 187 Å². The van der Waals surface area contributed by atoms with Crippen molar-refractivity contribution in [1.82, 2.24) is 41.3 Å². The highest BCUT2D eigenvalue weighted by Gasteiger charge is 2.44. The number of nitrogens with zero attached hydrogens (tertiary/aromatic N) is 4. The number of ether oxygens (including phenoxy) is 3. The highest BCUT2D eigenvalue weighted by atomic mass is 16.6. The number of benzene rings is 2. The molecule has 2 aliphatic rings. The number of carbonyl (C=O) groups is 11. The largest absolute Gasteiger partial charge is 0.445 e. The molecule has 98 heavy (non-hydrogen) atoms. The molecular weight excluding hydrogens is 1260 g/mol. The molecular formula is C72H111N11O15. The molecule has 2 fully saturated rings. The summed E-state index contributed by atoms with van der Waals surface area (Å²) in [5.41, 5.74) is 8.19. The van der Waals surface area contributed by atoms with Gasteiger partial charge < -0.3 is 66.8 Å². The van der Waals surface area contributed by atoms with Crippen LogP contribution in [0.25, 0.3) is 0 Å². The monoisotopic (exact) mass is 1370 g/mol. The van der Waals surface area contributed by atoms with E-state index in [2.05, 4.69) is 31.9 Å². The predicted octanol–water partition coefficient (Wildman–Crippen LogP) is 6.42. The molecule has 0 spiro atoms. The Labute approximate surface area is 579 Å². The minimum atomic E-state index is -1.11. The molecule has 0 aromatic heterocycles. The number of methoxy groups -OCH3 is 2. The van der Waals surface area contributed by atoms with Crippen molar-refractivity contribution in [1.29, 1.82) is 0 Å². The van der Waals surface area contributed by atoms with Gasteiger partial charge in [0.05, 0.1) is 54.5 Å². The van der Waals surface area contributed by atoms with Crippen LogP contribution in [0.3, 0.4) is 0 Å². The summed E-state index contributed by atoms with van der Waals surface area (Å²) >= 11 is 0. The lowest BCUT2D eigenvalue weighted by Crippen LogP contribution is -2.60. The Morgan fingerprint density at radius 2 is 1.36 bits per heavy atom. The van der Waals surface area contributed by atoms with Crippen LogP contribution in [0, 0.1) is 29.6 Å². The maximum atomic E-state index is 14.8. The fourth-order valence-electron chi connectivity index (χ4n) is 12.7. The van der Waals surface area contributed by atoms with E-state index >= 15 is 0 Å². The molecule has 9 N–H and O–H groups in total. The molecule has 26 heteroatoms. The Morgan fingerprint density at radius 3 is 1.91 bits per heavy atom. The van der Waals surface area contributed by atoms with Gasteiger partial charge in [0.15, 0.2) is 0 Å². The van der Waals surface area contributed by atoms with Gasteiger partial charge in [-0.15, -0.1) is 0 Å². The van der Waals surface area contributed by atoms with Gasteiger partial charge in [0.2, 0.25) is 53.2 Å². The minimum absolute atomic E-state index is 0.0854. The second kappa shape index (κ2) is 40.0. The number of allylic oxidation sites excluding steroid dienone is 2. The van der Waals surface area contributed by atoms with Gasteiger partial charge in [0.1, 0.15) is 30.8 Å². The van der Waals surface area contributed by atoms with Crippen LogP contribution in [0.1, 0.15) is 158 Å². The third-order valence-corrected chi connectivity index (χ3v) is 18.5. The molecule has 26 nitrogen and oxygen atoms in total. The molecule has 2 heterocycles. The molecule has 4 rings (SSSR count). The van der Waals surface area contributed by atoms with Crippen molar-refractivity contribution < 1.29 is 72.1 Å². The summed E-state index contributed by atoms with van der Waals surface area (Å²) in [4.78, 5) is 154. The number of imide groups is 1. The van der Waals surface area contributed by atoms with E-state index in [0.29, 0.717) is 61.2 Å². The van der Waals surface area contributed by atoms with Gasteiger partial charge in [-0.3, -0.25) is 53.0 Å². The number of aliphatic hydroxyl groups is 1. The Kier molecular flexibility index (Phi) is 33.5. The first kappa shape index (κ1) is 82.2. The van der Waals surface area contributed by atoms with Gasteiger partial charge in [-0.2, -0.15) is 0 Å². The molecule has 0 saturated carbocycles. The van der Waals surface area contributed by atoms with Crippen molar-refractivity contribution >= 4 is 76.7 Å². The first-order chi connectivity index (χ1) is 46.3. The fraction of sp³-hybridized carbons (Fsp3) is 0.625. The number of primary amides is 1. The van der Waals surface area contributed by atoms with Gasteiger partial charge in [0, 0.05) is 66.4 Å². The number of nitrogens with one attached hydrogen (secondary N) is 6. The number of urea groups is 1. The number of rotatable bonds is 38.